The maximum atomic E-state index is 5.67. The number of nitrogens with one attached hydrogen (secondary N) is 1. The number of nitrogens with zero attached hydrogens (tertiary/aromatic N) is 1. The summed E-state index contributed by atoms with van der Waals surface area (Å²) in [5, 5.41) is 3.68. The average molecular weight is 254 g/mol. The third-order valence-electron chi connectivity index (χ3n) is 4.15. The fraction of sp³-hybridized carbons (Fsp3) is 1.00. The highest BCUT2D eigenvalue weighted by molar-refractivity contribution is 4.87. The molecule has 2 heterocycles. The molecule has 2 saturated heterocycles. The van der Waals surface area contributed by atoms with Crippen LogP contribution in [0.15, 0.2) is 0 Å². The van der Waals surface area contributed by atoms with Gasteiger partial charge in [0, 0.05) is 30.8 Å². The number of rotatable bonds is 3. The van der Waals surface area contributed by atoms with Crippen LogP contribution < -0.4 is 5.32 Å². The average Bonchev–Trinajstić information content (AvgIpc) is 2.37. The van der Waals surface area contributed by atoms with E-state index in [1.54, 1.807) is 0 Å². The molecule has 2 unspecified atom stereocenters. The van der Waals surface area contributed by atoms with Crippen molar-refractivity contribution in [1.82, 2.24) is 10.2 Å². The summed E-state index contributed by atoms with van der Waals surface area (Å²) in [6, 6.07) is 1.38. The molecule has 18 heavy (non-hydrogen) atoms. The zero-order valence-electron chi connectivity index (χ0n) is 12.4. The second-order valence-corrected chi connectivity index (χ2v) is 6.89. The summed E-state index contributed by atoms with van der Waals surface area (Å²) < 4.78 is 5.67. The molecule has 0 aromatic rings. The lowest BCUT2D eigenvalue weighted by atomic mass is 9.96. The first-order valence-corrected chi connectivity index (χ1v) is 7.65. The second-order valence-electron chi connectivity index (χ2n) is 6.89. The van der Waals surface area contributed by atoms with Crippen molar-refractivity contribution < 1.29 is 4.74 Å². The summed E-state index contributed by atoms with van der Waals surface area (Å²) >= 11 is 0. The minimum atomic E-state index is 0.228. The van der Waals surface area contributed by atoms with Gasteiger partial charge < -0.3 is 10.1 Å². The van der Waals surface area contributed by atoms with E-state index < -0.39 is 0 Å². The van der Waals surface area contributed by atoms with Gasteiger partial charge in [-0.1, -0.05) is 6.42 Å². The minimum absolute atomic E-state index is 0.228. The van der Waals surface area contributed by atoms with E-state index in [1.165, 1.54) is 38.6 Å². The van der Waals surface area contributed by atoms with Crippen molar-refractivity contribution >= 4 is 0 Å². The van der Waals surface area contributed by atoms with Crippen LogP contribution >= 0.6 is 0 Å². The molecule has 2 fully saturated rings. The third-order valence-corrected chi connectivity index (χ3v) is 4.15. The topological polar surface area (TPSA) is 24.5 Å². The maximum Gasteiger partial charge on any atom is 0.0621 e. The van der Waals surface area contributed by atoms with Crippen molar-refractivity contribution in [2.45, 2.75) is 70.5 Å². The molecule has 0 radical (unpaired) electrons. The van der Waals surface area contributed by atoms with Gasteiger partial charge in [-0.05, 0) is 53.0 Å². The number of piperidine rings is 1. The van der Waals surface area contributed by atoms with E-state index in [4.69, 9.17) is 4.74 Å². The molecule has 0 bridgehead atoms. The Balaban J connectivity index is 1.88. The Bertz CT molecular complexity index is 243. The Kier molecular flexibility index (Phi) is 5.05. The van der Waals surface area contributed by atoms with E-state index in [2.05, 4.69) is 31.0 Å². The molecule has 0 spiro atoms. The standard InChI is InChI=1S/C15H30N2O/c1-15(2,3)16-11-13-7-4-5-9-17(13)14-8-6-10-18-12-14/h13-14,16H,4-12H2,1-3H3. The van der Waals surface area contributed by atoms with Gasteiger partial charge in [-0.25, -0.2) is 0 Å². The molecule has 2 rings (SSSR count). The first kappa shape index (κ1) is 14.3. The lowest BCUT2D eigenvalue weighted by Crippen LogP contribution is -2.54. The molecular weight excluding hydrogens is 224 g/mol. The maximum absolute atomic E-state index is 5.67. The van der Waals surface area contributed by atoms with E-state index in [1.807, 2.05) is 0 Å². The van der Waals surface area contributed by atoms with Crippen molar-refractivity contribution in [3.05, 3.63) is 0 Å². The van der Waals surface area contributed by atoms with Gasteiger partial charge in [0.25, 0.3) is 0 Å². The first-order valence-electron chi connectivity index (χ1n) is 7.65. The SMILES string of the molecule is CC(C)(C)NCC1CCCCN1C1CCCOC1. The van der Waals surface area contributed by atoms with Gasteiger partial charge in [0.1, 0.15) is 0 Å². The molecule has 1 N–H and O–H groups in total. The minimum Gasteiger partial charge on any atom is -0.380 e. The molecule has 2 aliphatic rings. The largest absolute Gasteiger partial charge is 0.380 e. The highest BCUT2D eigenvalue weighted by Gasteiger charge is 2.30. The second kappa shape index (κ2) is 6.36. The van der Waals surface area contributed by atoms with Crippen LogP contribution in [0.5, 0.6) is 0 Å². The Morgan fingerprint density at radius 2 is 2.00 bits per heavy atom. The molecule has 2 aliphatic heterocycles. The number of likely N-dealkylation sites (tertiary alicyclic amines) is 1. The Hall–Kier alpha value is -0.120. The fourth-order valence-electron chi connectivity index (χ4n) is 3.13. The van der Waals surface area contributed by atoms with Crippen molar-refractivity contribution in [3.63, 3.8) is 0 Å². The smallest absolute Gasteiger partial charge is 0.0621 e. The van der Waals surface area contributed by atoms with Crippen LogP contribution in [0.4, 0.5) is 0 Å². The summed E-state index contributed by atoms with van der Waals surface area (Å²) in [7, 11) is 0. The van der Waals surface area contributed by atoms with E-state index in [-0.39, 0.29) is 5.54 Å². The summed E-state index contributed by atoms with van der Waals surface area (Å²) in [5.74, 6) is 0. The van der Waals surface area contributed by atoms with Crippen LogP contribution in [-0.2, 0) is 4.74 Å². The van der Waals surface area contributed by atoms with Gasteiger partial charge in [0.15, 0.2) is 0 Å². The molecule has 0 amide bonds. The van der Waals surface area contributed by atoms with Crippen LogP contribution in [0.2, 0.25) is 0 Å². The van der Waals surface area contributed by atoms with Gasteiger partial charge in [-0.15, -0.1) is 0 Å². The monoisotopic (exact) mass is 254 g/mol. The lowest BCUT2D eigenvalue weighted by molar-refractivity contribution is -0.0121. The van der Waals surface area contributed by atoms with E-state index in [9.17, 15) is 0 Å². The van der Waals surface area contributed by atoms with Crippen molar-refractivity contribution in [2.24, 2.45) is 0 Å². The molecular formula is C15H30N2O. The molecule has 0 aromatic heterocycles. The van der Waals surface area contributed by atoms with Gasteiger partial charge in [0.05, 0.1) is 6.61 Å². The predicted octanol–water partition coefficient (Wildman–Crippen LogP) is 2.41. The summed E-state index contributed by atoms with van der Waals surface area (Å²) in [5.41, 5.74) is 0.228. The zero-order chi connectivity index (χ0) is 13.0. The molecule has 3 heteroatoms. The molecule has 106 valence electrons. The Morgan fingerprint density at radius 3 is 2.67 bits per heavy atom. The van der Waals surface area contributed by atoms with Gasteiger partial charge in [-0.2, -0.15) is 0 Å². The molecule has 2 atom stereocenters. The summed E-state index contributed by atoms with van der Waals surface area (Å²) in [6.07, 6.45) is 6.66. The number of ether oxygens (including phenoxy) is 1. The molecule has 0 aliphatic carbocycles. The van der Waals surface area contributed by atoms with Crippen LogP contribution in [-0.4, -0.2) is 48.8 Å². The third kappa shape index (κ3) is 4.22. The normalized spacial score (nSPS) is 31.5. The predicted molar refractivity (Wildman–Crippen MR) is 75.9 cm³/mol. The van der Waals surface area contributed by atoms with Crippen LogP contribution in [0, 0.1) is 0 Å². The van der Waals surface area contributed by atoms with Gasteiger partial charge in [-0.3, -0.25) is 4.90 Å². The highest BCUT2D eigenvalue weighted by Crippen LogP contribution is 2.23. The van der Waals surface area contributed by atoms with Gasteiger partial charge in [0.2, 0.25) is 0 Å². The van der Waals surface area contributed by atoms with Crippen LogP contribution in [0.3, 0.4) is 0 Å². The quantitative estimate of drug-likeness (QED) is 0.837. The lowest BCUT2D eigenvalue weighted by Gasteiger charge is -2.43. The van der Waals surface area contributed by atoms with E-state index in [0.717, 1.165) is 19.8 Å². The molecule has 0 saturated carbocycles. The number of hydrogen-bond donors (Lipinski definition) is 1. The van der Waals surface area contributed by atoms with E-state index in [0.29, 0.717) is 12.1 Å². The van der Waals surface area contributed by atoms with Gasteiger partial charge >= 0.3 is 0 Å². The summed E-state index contributed by atoms with van der Waals surface area (Å²) in [4.78, 5) is 2.72. The van der Waals surface area contributed by atoms with E-state index >= 15 is 0 Å². The Labute approximate surface area is 112 Å². The van der Waals surface area contributed by atoms with Crippen molar-refractivity contribution in [2.75, 3.05) is 26.3 Å². The highest BCUT2D eigenvalue weighted by atomic mass is 16.5. The zero-order valence-corrected chi connectivity index (χ0v) is 12.4. The number of hydrogen-bond acceptors (Lipinski definition) is 3. The summed E-state index contributed by atoms with van der Waals surface area (Å²) in [6.45, 7) is 11.1. The first-order chi connectivity index (χ1) is 8.56. The molecule has 0 aromatic carbocycles. The Morgan fingerprint density at radius 1 is 1.17 bits per heavy atom. The fourth-order valence-corrected chi connectivity index (χ4v) is 3.13. The van der Waals surface area contributed by atoms with Crippen LogP contribution in [0.25, 0.3) is 0 Å². The molecule has 3 nitrogen and oxygen atoms in total. The van der Waals surface area contributed by atoms with Crippen molar-refractivity contribution in [1.29, 1.82) is 0 Å². The van der Waals surface area contributed by atoms with Crippen molar-refractivity contribution in [3.8, 4) is 0 Å². The van der Waals surface area contributed by atoms with Crippen LogP contribution in [0.1, 0.15) is 52.9 Å².